The third kappa shape index (κ3) is 5.40. The third-order valence-corrected chi connectivity index (χ3v) is 7.08. The molecule has 1 aliphatic heterocycles. The van der Waals surface area contributed by atoms with Gasteiger partial charge in [-0.25, -0.2) is 22.8 Å². The summed E-state index contributed by atoms with van der Waals surface area (Å²) in [6.07, 6.45) is 2.62. The Morgan fingerprint density at radius 2 is 1.79 bits per heavy atom. The fraction of sp³-hybridized carbons (Fsp3) is 0.227. The molecule has 1 aliphatic rings. The van der Waals surface area contributed by atoms with E-state index in [0.717, 1.165) is 5.69 Å². The highest BCUT2D eigenvalue weighted by Gasteiger charge is 2.23. The van der Waals surface area contributed by atoms with E-state index in [2.05, 4.69) is 19.6 Å². The van der Waals surface area contributed by atoms with E-state index in [9.17, 15) is 17.6 Å². The molecule has 1 aromatic heterocycles. The molecule has 1 N–H and O–H groups in total. The molecule has 4 rings (SSSR count). The Balaban J connectivity index is 1.35. The second-order valence-electron chi connectivity index (χ2n) is 7.44. The Kier molecular flexibility index (Phi) is 6.75. The lowest BCUT2D eigenvalue weighted by Gasteiger charge is -2.36. The average molecular weight is 490 g/mol. The van der Waals surface area contributed by atoms with Crippen LogP contribution >= 0.6 is 11.6 Å². The van der Waals surface area contributed by atoms with Crippen LogP contribution in [-0.2, 0) is 21.2 Å². The summed E-state index contributed by atoms with van der Waals surface area (Å²) in [6.45, 7) is 2.09. The summed E-state index contributed by atoms with van der Waals surface area (Å²) in [6, 6.07) is 12.3. The molecule has 0 atom stereocenters. The number of rotatable bonds is 6. The molecular formula is C22H21ClFN5O3S. The molecule has 0 bridgehead atoms. The van der Waals surface area contributed by atoms with Crippen molar-refractivity contribution in [2.24, 2.45) is 0 Å². The van der Waals surface area contributed by atoms with E-state index in [-0.39, 0.29) is 33.6 Å². The van der Waals surface area contributed by atoms with Crippen LogP contribution in [-0.4, -0.2) is 55.4 Å². The molecule has 2 aromatic carbocycles. The number of halogens is 2. The van der Waals surface area contributed by atoms with E-state index < -0.39 is 15.8 Å². The Morgan fingerprint density at radius 1 is 1.06 bits per heavy atom. The Morgan fingerprint density at radius 3 is 2.42 bits per heavy atom. The first kappa shape index (κ1) is 22.9. The van der Waals surface area contributed by atoms with Crippen molar-refractivity contribution in [1.82, 2.24) is 14.9 Å². The van der Waals surface area contributed by atoms with Gasteiger partial charge in [0.15, 0.2) is 0 Å². The van der Waals surface area contributed by atoms with E-state index in [1.165, 1.54) is 42.9 Å². The first-order valence-corrected chi connectivity index (χ1v) is 12.0. The third-order valence-electron chi connectivity index (χ3n) is 5.36. The lowest BCUT2D eigenvalue weighted by Crippen LogP contribution is -2.49. The molecule has 3 aromatic rings. The minimum atomic E-state index is -3.77. The van der Waals surface area contributed by atoms with Crippen molar-refractivity contribution in [1.29, 1.82) is 0 Å². The van der Waals surface area contributed by atoms with Gasteiger partial charge in [-0.05, 0) is 42.5 Å². The summed E-state index contributed by atoms with van der Waals surface area (Å²) in [5.74, 6) is -0.482. The van der Waals surface area contributed by atoms with Crippen LogP contribution in [0.25, 0.3) is 0 Å². The fourth-order valence-electron chi connectivity index (χ4n) is 3.56. The van der Waals surface area contributed by atoms with Crippen LogP contribution in [0.15, 0.2) is 66.0 Å². The molecule has 8 nitrogen and oxygen atoms in total. The minimum Gasteiger partial charge on any atom is -0.368 e. The Labute approximate surface area is 196 Å². The van der Waals surface area contributed by atoms with Gasteiger partial charge < -0.3 is 9.80 Å². The van der Waals surface area contributed by atoms with E-state index in [1.54, 1.807) is 23.1 Å². The van der Waals surface area contributed by atoms with Gasteiger partial charge in [-0.1, -0.05) is 17.7 Å². The zero-order chi connectivity index (χ0) is 23.4. The van der Waals surface area contributed by atoms with E-state index in [0.29, 0.717) is 26.2 Å². The van der Waals surface area contributed by atoms with Gasteiger partial charge in [-0.3, -0.25) is 9.52 Å². The van der Waals surface area contributed by atoms with Crippen molar-refractivity contribution < 1.29 is 17.6 Å². The number of nitrogens with zero attached hydrogens (tertiary/aromatic N) is 4. The summed E-state index contributed by atoms with van der Waals surface area (Å²) in [5.41, 5.74) is 1.05. The van der Waals surface area contributed by atoms with Gasteiger partial charge in [0.2, 0.25) is 5.91 Å². The Bertz CT molecular complexity index is 1210. The molecule has 33 heavy (non-hydrogen) atoms. The number of piperazine rings is 1. The topological polar surface area (TPSA) is 95.5 Å². The maximum absolute atomic E-state index is 14.0. The normalized spacial score (nSPS) is 14.2. The maximum Gasteiger partial charge on any atom is 0.263 e. The van der Waals surface area contributed by atoms with Gasteiger partial charge in [0.25, 0.3) is 10.0 Å². The SMILES string of the molecule is O=C(Cc1c(F)cccc1Cl)N1CCN(c2ccc(S(=O)(=O)Nc3ccncn3)cc2)CC1. The number of sulfonamides is 1. The van der Waals surface area contributed by atoms with Gasteiger partial charge >= 0.3 is 0 Å². The molecule has 0 radical (unpaired) electrons. The molecule has 172 valence electrons. The van der Waals surface area contributed by atoms with Crippen molar-refractivity contribution in [3.05, 3.63) is 77.5 Å². The van der Waals surface area contributed by atoms with E-state index >= 15 is 0 Å². The van der Waals surface area contributed by atoms with Crippen LogP contribution in [0.3, 0.4) is 0 Å². The molecule has 0 unspecified atom stereocenters. The highest BCUT2D eigenvalue weighted by atomic mass is 35.5. The number of benzene rings is 2. The smallest absolute Gasteiger partial charge is 0.263 e. The lowest BCUT2D eigenvalue weighted by atomic mass is 10.1. The lowest BCUT2D eigenvalue weighted by molar-refractivity contribution is -0.130. The van der Waals surface area contributed by atoms with Gasteiger partial charge in [0.05, 0.1) is 11.3 Å². The summed E-state index contributed by atoms with van der Waals surface area (Å²) >= 11 is 6.03. The molecule has 1 amide bonds. The second-order valence-corrected chi connectivity index (χ2v) is 9.53. The standard InChI is InChI=1S/C22H21ClFN5O3S/c23-19-2-1-3-20(24)18(19)14-22(30)29-12-10-28(11-13-29)16-4-6-17(7-5-16)33(31,32)27-21-8-9-25-15-26-21/h1-9,15H,10-14H2,(H,25,26,27). The monoisotopic (exact) mass is 489 g/mol. The number of nitrogens with one attached hydrogen (secondary N) is 1. The number of carbonyl (C=O) groups is 1. The zero-order valence-electron chi connectivity index (χ0n) is 17.5. The largest absolute Gasteiger partial charge is 0.368 e. The van der Waals surface area contributed by atoms with Crippen molar-refractivity contribution >= 4 is 39.0 Å². The molecule has 11 heteroatoms. The van der Waals surface area contributed by atoms with Crippen molar-refractivity contribution in [2.45, 2.75) is 11.3 Å². The van der Waals surface area contributed by atoms with Crippen molar-refractivity contribution in [3.8, 4) is 0 Å². The molecule has 0 spiro atoms. The summed E-state index contributed by atoms with van der Waals surface area (Å²) in [4.78, 5) is 24.1. The Hall–Kier alpha value is -3.24. The number of carbonyl (C=O) groups excluding carboxylic acids is 1. The summed E-state index contributed by atoms with van der Waals surface area (Å²) < 4.78 is 41.5. The van der Waals surface area contributed by atoms with Gasteiger partial charge in [0, 0.05) is 48.6 Å². The van der Waals surface area contributed by atoms with Crippen LogP contribution in [0.5, 0.6) is 0 Å². The van der Waals surface area contributed by atoms with Gasteiger partial charge in [-0.15, -0.1) is 0 Å². The number of hydrogen-bond donors (Lipinski definition) is 1. The first-order chi connectivity index (χ1) is 15.8. The van der Waals surface area contributed by atoms with Crippen molar-refractivity contribution in [2.75, 3.05) is 35.8 Å². The highest BCUT2D eigenvalue weighted by Crippen LogP contribution is 2.23. The van der Waals surface area contributed by atoms with E-state index in [4.69, 9.17) is 11.6 Å². The van der Waals surface area contributed by atoms with Crippen LogP contribution in [0, 0.1) is 5.82 Å². The van der Waals surface area contributed by atoms with Crippen LogP contribution in [0.4, 0.5) is 15.9 Å². The molecule has 0 saturated carbocycles. The average Bonchev–Trinajstić information content (AvgIpc) is 2.82. The predicted octanol–water partition coefficient (Wildman–Crippen LogP) is 2.96. The maximum atomic E-state index is 14.0. The number of amides is 1. The second kappa shape index (κ2) is 9.72. The van der Waals surface area contributed by atoms with E-state index in [1.807, 2.05) is 0 Å². The first-order valence-electron chi connectivity index (χ1n) is 10.2. The van der Waals surface area contributed by atoms with Crippen LogP contribution in [0.1, 0.15) is 5.56 Å². The molecule has 0 aliphatic carbocycles. The molecule has 1 saturated heterocycles. The quantitative estimate of drug-likeness (QED) is 0.572. The summed E-state index contributed by atoms with van der Waals surface area (Å²) in [5, 5.41) is 0.242. The molecule has 1 fully saturated rings. The molecule has 2 heterocycles. The predicted molar refractivity (Wildman–Crippen MR) is 123 cm³/mol. The number of hydrogen-bond acceptors (Lipinski definition) is 6. The highest BCUT2D eigenvalue weighted by molar-refractivity contribution is 7.92. The van der Waals surface area contributed by atoms with Gasteiger partial charge in [0.1, 0.15) is 18.0 Å². The zero-order valence-corrected chi connectivity index (χ0v) is 19.1. The summed E-state index contributed by atoms with van der Waals surface area (Å²) in [7, 11) is -3.77. The fourth-order valence-corrected chi connectivity index (χ4v) is 4.80. The number of anilines is 2. The van der Waals surface area contributed by atoms with Crippen LogP contribution in [0.2, 0.25) is 5.02 Å². The number of aromatic nitrogens is 2. The van der Waals surface area contributed by atoms with Crippen molar-refractivity contribution in [3.63, 3.8) is 0 Å². The molecular weight excluding hydrogens is 469 g/mol. The minimum absolute atomic E-state index is 0.0859. The van der Waals surface area contributed by atoms with Gasteiger partial charge in [-0.2, -0.15) is 0 Å². The van der Waals surface area contributed by atoms with Crippen LogP contribution < -0.4 is 9.62 Å².